The van der Waals surface area contributed by atoms with Crippen molar-refractivity contribution in [3.05, 3.63) is 59.7 Å². The van der Waals surface area contributed by atoms with E-state index in [4.69, 9.17) is 0 Å². The van der Waals surface area contributed by atoms with Gasteiger partial charge in [-0.25, -0.2) is 4.79 Å². The van der Waals surface area contributed by atoms with Crippen molar-refractivity contribution in [2.24, 2.45) is 5.92 Å². The first-order valence-corrected chi connectivity index (χ1v) is 12.9. The second kappa shape index (κ2) is 11.9. The second-order valence-corrected chi connectivity index (χ2v) is 9.90. The first kappa shape index (κ1) is 24.8. The molecule has 2 aromatic rings. The number of amides is 5. The lowest BCUT2D eigenvalue weighted by Crippen LogP contribution is -2.31. The van der Waals surface area contributed by atoms with Gasteiger partial charge in [-0.05, 0) is 48.6 Å². The Hall–Kier alpha value is -3.33. The van der Waals surface area contributed by atoms with Gasteiger partial charge in [0.1, 0.15) is 0 Å². The predicted molar refractivity (Wildman–Crippen MR) is 135 cm³/mol. The molecular formula is C26H30N4O4S. The summed E-state index contributed by atoms with van der Waals surface area (Å²) in [7, 11) is 0. The van der Waals surface area contributed by atoms with Gasteiger partial charge in [-0.3, -0.25) is 19.3 Å². The van der Waals surface area contributed by atoms with Crippen LogP contribution in [0.3, 0.4) is 0 Å². The average molecular weight is 495 g/mol. The Bertz CT molecular complexity index is 1080. The molecule has 8 nitrogen and oxygen atoms in total. The zero-order valence-corrected chi connectivity index (χ0v) is 20.4. The third kappa shape index (κ3) is 6.85. The summed E-state index contributed by atoms with van der Waals surface area (Å²) in [5.41, 5.74) is 1.77. The van der Waals surface area contributed by atoms with Crippen LogP contribution in [-0.2, 0) is 16.1 Å². The Kier molecular flexibility index (Phi) is 8.41. The highest BCUT2D eigenvalue weighted by atomic mass is 32.2. The molecule has 2 aromatic carbocycles. The van der Waals surface area contributed by atoms with Crippen LogP contribution >= 0.6 is 11.8 Å². The number of hydrogen-bond donors (Lipinski definition) is 3. The van der Waals surface area contributed by atoms with Crippen LogP contribution in [0.2, 0.25) is 0 Å². The van der Waals surface area contributed by atoms with Gasteiger partial charge in [0, 0.05) is 17.1 Å². The topological polar surface area (TPSA) is 108 Å². The fourth-order valence-corrected chi connectivity index (χ4v) is 5.25. The smallest absolute Gasteiger partial charge is 0.324 e. The minimum absolute atomic E-state index is 0.00230. The molecular weight excluding hydrogens is 464 g/mol. The summed E-state index contributed by atoms with van der Waals surface area (Å²) in [5, 5.41) is 8.42. The molecule has 9 heteroatoms. The van der Waals surface area contributed by atoms with Gasteiger partial charge in [0.15, 0.2) is 0 Å². The van der Waals surface area contributed by atoms with Gasteiger partial charge in [-0.15, -0.1) is 11.8 Å². The lowest BCUT2D eigenvalue weighted by Gasteiger charge is -2.21. The van der Waals surface area contributed by atoms with Gasteiger partial charge < -0.3 is 16.0 Å². The Labute approximate surface area is 209 Å². The van der Waals surface area contributed by atoms with Crippen LogP contribution in [0.25, 0.3) is 0 Å². The summed E-state index contributed by atoms with van der Waals surface area (Å²) >= 11 is 1.34. The van der Waals surface area contributed by atoms with E-state index in [2.05, 4.69) is 16.0 Å². The van der Waals surface area contributed by atoms with Crippen LogP contribution in [0.1, 0.15) is 48.0 Å². The van der Waals surface area contributed by atoms with Crippen LogP contribution in [-0.4, -0.2) is 47.5 Å². The maximum absolute atomic E-state index is 13.0. The zero-order chi connectivity index (χ0) is 24.6. The standard InChI is InChI=1S/C26H30N4O4S/c31-23(27-14-18-7-2-1-3-8-18)17-35-22-12-5-4-11-21(22)25(33)29-20-10-6-9-19(13-20)16-30-24(32)15-28-26(30)34/h4-6,9-13,18H,1-3,7-8,14-17H2,(H,27,31)(H,28,34)(H,29,33). The highest BCUT2D eigenvalue weighted by Gasteiger charge is 2.28. The lowest BCUT2D eigenvalue weighted by molar-refractivity contribution is -0.125. The monoisotopic (exact) mass is 494 g/mol. The molecule has 1 saturated carbocycles. The number of carbonyl (C=O) groups excluding carboxylic acids is 4. The Morgan fingerprint density at radius 3 is 2.60 bits per heavy atom. The molecule has 1 heterocycles. The van der Waals surface area contributed by atoms with Crippen LogP contribution in [0.15, 0.2) is 53.4 Å². The van der Waals surface area contributed by atoms with Gasteiger partial charge in [0.05, 0.1) is 24.4 Å². The molecule has 0 spiro atoms. The van der Waals surface area contributed by atoms with E-state index in [0.29, 0.717) is 17.2 Å². The maximum Gasteiger partial charge on any atom is 0.324 e. The summed E-state index contributed by atoms with van der Waals surface area (Å²) in [4.78, 5) is 50.9. The molecule has 35 heavy (non-hydrogen) atoms. The number of urea groups is 1. The van der Waals surface area contributed by atoms with Gasteiger partial charge in [-0.2, -0.15) is 0 Å². The van der Waals surface area contributed by atoms with Crippen molar-refractivity contribution in [3.63, 3.8) is 0 Å². The molecule has 0 radical (unpaired) electrons. The highest BCUT2D eigenvalue weighted by molar-refractivity contribution is 8.00. The normalized spacial score (nSPS) is 16.2. The van der Waals surface area contributed by atoms with Crippen molar-refractivity contribution >= 4 is 41.2 Å². The number of nitrogens with zero attached hydrogens (tertiary/aromatic N) is 1. The average Bonchev–Trinajstić information content (AvgIpc) is 3.19. The summed E-state index contributed by atoms with van der Waals surface area (Å²) in [6.45, 7) is 0.863. The Balaban J connectivity index is 1.33. The lowest BCUT2D eigenvalue weighted by atomic mass is 9.89. The third-order valence-electron chi connectivity index (χ3n) is 6.27. The number of anilines is 1. The molecule has 4 rings (SSSR count). The number of carbonyl (C=O) groups is 4. The zero-order valence-electron chi connectivity index (χ0n) is 19.5. The van der Waals surface area contributed by atoms with Gasteiger partial charge >= 0.3 is 6.03 Å². The summed E-state index contributed by atoms with van der Waals surface area (Å²) in [6, 6.07) is 13.8. The van der Waals surface area contributed by atoms with Crippen molar-refractivity contribution in [2.75, 3.05) is 24.2 Å². The number of nitrogens with one attached hydrogen (secondary N) is 3. The van der Waals surface area contributed by atoms with Crippen LogP contribution < -0.4 is 16.0 Å². The Morgan fingerprint density at radius 2 is 1.83 bits per heavy atom. The number of benzene rings is 2. The van der Waals surface area contributed by atoms with Gasteiger partial charge in [-0.1, -0.05) is 43.5 Å². The molecule has 2 aliphatic rings. The number of rotatable bonds is 9. The molecule has 3 N–H and O–H groups in total. The molecule has 1 aliphatic carbocycles. The van der Waals surface area contributed by atoms with Crippen LogP contribution in [0.4, 0.5) is 10.5 Å². The number of imide groups is 1. The second-order valence-electron chi connectivity index (χ2n) is 8.89. The SMILES string of the molecule is O=C(CSc1ccccc1C(=O)Nc1cccc(CN2C(=O)CNC2=O)c1)NCC1CCCCC1. The third-order valence-corrected chi connectivity index (χ3v) is 7.34. The number of thioether (sulfide) groups is 1. The minimum atomic E-state index is -0.418. The molecule has 1 aliphatic heterocycles. The van der Waals surface area contributed by atoms with E-state index in [1.807, 2.05) is 12.1 Å². The van der Waals surface area contributed by atoms with Crippen LogP contribution in [0.5, 0.6) is 0 Å². The molecule has 2 fully saturated rings. The van der Waals surface area contributed by atoms with Crippen molar-refractivity contribution < 1.29 is 19.2 Å². The van der Waals surface area contributed by atoms with E-state index < -0.39 is 6.03 Å². The maximum atomic E-state index is 13.0. The first-order chi connectivity index (χ1) is 17.0. The van der Waals surface area contributed by atoms with E-state index in [1.165, 1.54) is 43.9 Å². The molecule has 0 bridgehead atoms. The molecule has 0 unspecified atom stereocenters. The van der Waals surface area contributed by atoms with E-state index in [1.54, 1.807) is 36.4 Å². The van der Waals surface area contributed by atoms with E-state index in [-0.39, 0.29) is 36.6 Å². The molecule has 5 amide bonds. The van der Waals surface area contributed by atoms with E-state index in [9.17, 15) is 19.2 Å². The van der Waals surface area contributed by atoms with Crippen LogP contribution in [0, 0.1) is 5.92 Å². The summed E-state index contributed by atoms with van der Waals surface area (Å²) < 4.78 is 0. The first-order valence-electron chi connectivity index (χ1n) is 12.0. The van der Waals surface area contributed by atoms with E-state index in [0.717, 1.165) is 21.9 Å². The minimum Gasteiger partial charge on any atom is -0.355 e. The summed E-state index contributed by atoms with van der Waals surface area (Å²) in [6.07, 6.45) is 6.13. The van der Waals surface area contributed by atoms with Crippen molar-refractivity contribution in [1.29, 1.82) is 0 Å². The van der Waals surface area contributed by atoms with Gasteiger partial charge in [0.25, 0.3) is 5.91 Å². The molecule has 1 saturated heterocycles. The quantitative estimate of drug-likeness (QED) is 0.363. The van der Waals surface area contributed by atoms with E-state index >= 15 is 0 Å². The number of hydrogen-bond acceptors (Lipinski definition) is 5. The fraction of sp³-hybridized carbons (Fsp3) is 0.385. The fourth-order valence-electron chi connectivity index (χ4n) is 4.37. The van der Waals surface area contributed by atoms with Gasteiger partial charge in [0.2, 0.25) is 11.8 Å². The highest BCUT2D eigenvalue weighted by Crippen LogP contribution is 2.25. The van der Waals surface area contributed by atoms with Crippen molar-refractivity contribution in [1.82, 2.24) is 15.5 Å². The predicted octanol–water partition coefficient (Wildman–Crippen LogP) is 3.78. The van der Waals surface area contributed by atoms with Crippen molar-refractivity contribution in [2.45, 2.75) is 43.5 Å². The molecule has 0 atom stereocenters. The molecule has 0 aromatic heterocycles. The Morgan fingerprint density at radius 1 is 1.03 bits per heavy atom. The largest absolute Gasteiger partial charge is 0.355 e. The summed E-state index contributed by atoms with van der Waals surface area (Å²) in [5.74, 6) is 0.229. The molecule has 184 valence electrons. The van der Waals surface area contributed by atoms with Crippen molar-refractivity contribution in [3.8, 4) is 0 Å².